The Morgan fingerprint density at radius 1 is 1.31 bits per heavy atom. The lowest BCUT2D eigenvalue weighted by molar-refractivity contribution is -0.156. The van der Waals surface area contributed by atoms with Crippen LogP contribution in [0.5, 0.6) is 0 Å². The molecule has 0 aromatic carbocycles. The van der Waals surface area contributed by atoms with Crippen LogP contribution in [0.25, 0.3) is 0 Å². The number of carbonyl (C=O) groups is 3. The summed E-state index contributed by atoms with van der Waals surface area (Å²) in [5.74, 6) is -2.12. The van der Waals surface area contributed by atoms with Crippen molar-refractivity contribution < 1.29 is 23.9 Å². The van der Waals surface area contributed by atoms with Crippen molar-refractivity contribution in [1.82, 2.24) is 4.90 Å². The Morgan fingerprint density at radius 2 is 1.88 bits per heavy atom. The number of likely N-dealkylation sites (N-methyl/N-ethyl adjacent to an activating group) is 1. The monoisotopic (exact) mass is 229 g/mol. The summed E-state index contributed by atoms with van der Waals surface area (Å²) in [7, 11) is 2.46. The second kappa shape index (κ2) is 4.96. The minimum atomic E-state index is -0.852. The van der Waals surface area contributed by atoms with E-state index in [-0.39, 0.29) is 12.3 Å². The molecule has 0 bridgehead atoms. The Kier molecular flexibility index (Phi) is 3.87. The van der Waals surface area contributed by atoms with Crippen molar-refractivity contribution in [2.45, 2.75) is 19.4 Å². The van der Waals surface area contributed by atoms with Gasteiger partial charge in [-0.2, -0.15) is 0 Å². The highest BCUT2D eigenvalue weighted by Crippen LogP contribution is 2.27. The van der Waals surface area contributed by atoms with Crippen LogP contribution in [0.15, 0.2) is 0 Å². The van der Waals surface area contributed by atoms with Gasteiger partial charge in [-0.15, -0.1) is 0 Å². The normalized spacial score (nSPS) is 24.4. The molecule has 6 heteroatoms. The maximum absolute atomic E-state index is 11.6. The quantitative estimate of drug-likeness (QED) is 0.614. The van der Waals surface area contributed by atoms with Gasteiger partial charge in [-0.25, -0.2) is 4.79 Å². The third-order valence-corrected chi connectivity index (χ3v) is 2.72. The van der Waals surface area contributed by atoms with E-state index in [4.69, 9.17) is 0 Å². The number of nitrogens with zero attached hydrogens (tertiary/aromatic N) is 1. The van der Waals surface area contributed by atoms with Gasteiger partial charge in [0, 0.05) is 13.0 Å². The molecule has 1 aliphatic heterocycles. The first kappa shape index (κ1) is 12.5. The fraction of sp³-hybridized carbons (Fsp3) is 0.700. The van der Waals surface area contributed by atoms with Gasteiger partial charge in [-0.1, -0.05) is 0 Å². The maximum atomic E-state index is 11.6. The highest BCUT2D eigenvalue weighted by atomic mass is 16.5. The molecule has 1 rings (SSSR count). The minimum absolute atomic E-state index is 0.000278. The van der Waals surface area contributed by atoms with E-state index in [2.05, 4.69) is 9.47 Å². The zero-order chi connectivity index (χ0) is 12.3. The summed E-state index contributed by atoms with van der Waals surface area (Å²) >= 11 is 0. The van der Waals surface area contributed by atoms with Crippen LogP contribution in [0.1, 0.15) is 13.3 Å². The van der Waals surface area contributed by atoms with Crippen molar-refractivity contribution in [3.63, 3.8) is 0 Å². The molecule has 1 saturated heterocycles. The Balaban J connectivity index is 2.97. The van der Waals surface area contributed by atoms with E-state index in [0.29, 0.717) is 6.54 Å². The van der Waals surface area contributed by atoms with E-state index >= 15 is 0 Å². The molecular formula is C10H15NO5. The van der Waals surface area contributed by atoms with Gasteiger partial charge >= 0.3 is 11.9 Å². The number of carbonyl (C=O) groups excluding carboxylic acids is 3. The van der Waals surface area contributed by atoms with Crippen molar-refractivity contribution in [3.05, 3.63) is 0 Å². The fourth-order valence-corrected chi connectivity index (χ4v) is 1.94. The Hall–Kier alpha value is -1.59. The predicted molar refractivity (Wildman–Crippen MR) is 53.3 cm³/mol. The molecule has 0 unspecified atom stereocenters. The highest BCUT2D eigenvalue weighted by Gasteiger charge is 2.48. The van der Waals surface area contributed by atoms with Crippen LogP contribution in [-0.4, -0.2) is 49.6 Å². The SMILES string of the molecule is CCN1C(=O)C[C@@H](C(=O)OC)[C@@H]1C(=O)OC. The van der Waals surface area contributed by atoms with E-state index in [9.17, 15) is 14.4 Å². The van der Waals surface area contributed by atoms with Crippen LogP contribution in [0, 0.1) is 5.92 Å². The van der Waals surface area contributed by atoms with Crippen molar-refractivity contribution in [2.75, 3.05) is 20.8 Å². The number of rotatable bonds is 3. The lowest BCUT2D eigenvalue weighted by atomic mass is 10.0. The average Bonchev–Trinajstić information content (AvgIpc) is 2.63. The van der Waals surface area contributed by atoms with Crippen LogP contribution in [-0.2, 0) is 23.9 Å². The van der Waals surface area contributed by atoms with Crippen molar-refractivity contribution in [2.24, 2.45) is 5.92 Å². The lowest BCUT2D eigenvalue weighted by Crippen LogP contribution is -2.44. The number of amides is 1. The standard InChI is InChI=1S/C10H15NO5/c1-4-11-7(12)5-6(9(13)15-2)8(11)10(14)16-3/h6,8H,4-5H2,1-3H3/t6-,8-/m1/s1. The van der Waals surface area contributed by atoms with Gasteiger partial charge in [0.25, 0.3) is 0 Å². The summed E-state index contributed by atoms with van der Waals surface area (Å²) in [4.78, 5) is 35.9. The second-order valence-corrected chi connectivity index (χ2v) is 3.48. The van der Waals surface area contributed by atoms with Gasteiger partial charge < -0.3 is 14.4 Å². The average molecular weight is 229 g/mol. The Labute approximate surface area is 93.5 Å². The molecule has 2 atom stereocenters. The Bertz CT molecular complexity index is 312. The van der Waals surface area contributed by atoms with Gasteiger partial charge in [0.1, 0.15) is 6.04 Å². The van der Waals surface area contributed by atoms with Gasteiger partial charge in [0.2, 0.25) is 5.91 Å². The minimum Gasteiger partial charge on any atom is -0.469 e. The summed E-state index contributed by atoms with van der Waals surface area (Å²) < 4.78 is 9.17. The predicted octanol–water partition coefficient (Wildman–Crippen LogP) is -0.431. The molecule has 1 heterocycles. The van der Waals surface area contributed by atoms with E-state index in [1.54, 1.807) is 6.92 Å². The third kappa shape index (κ3) is 2.00. The Morgan fingerprint density at radius 3 is 2.31 bits per heavy atom. The molecule has 6 nitrogen and oxygen atoms in total. The molecule has 0 aliphatic carbocycles. The summed E-state index contributed by atoms with van der Waals surface area (Å²) in [6.07, 6.45) is 0.000278. The third-order valence-electron chi connectivity index (χ3n) is 2.72. The highest BCUT2D eigenvalue weighted by molar-refractivity contribution is 5.95. The molecule has 0 N–H and O–H groups in total. The fourth-order valence-electron chi connectivity index (χ4n) is 1.94. The summed E-state index contributed by atoms with van der Waals surface area (Å²) in [6.45, 7) is 2.11. The number of hydrogen-bond donors (Lipinski definition) is 0. The van der Waals surface area contributed by atoms with Crippen molar-refractivity contribution in [1.29, 1.82) is 0 Å². The van der Waals surface area contributed by atoms with Crippen LogP contribution < -0.4 is 0 Å². The first-order valence-electron chi connectivity index (χ1n) is 5.01. The van der Waals surface area contributed by atoms with Crippen LogP contribution in [0.4, 0.5) is 0 Å². The van der Waals surface area contributed by atoms with Crippen LogP contribution in [0.3, 0.4) is 0 Å². The van der Waals surface area contributed by atoms with E-state index < -0.39 is 23.9 Å². The lowest BCUT2D eigenvalue weighted by Gasteiger charge is -2.23. The maximum Gasteiger partial charge on any atom is 0.329 e. The molecule has 0 saturated carbocycles. The molecular weight excluding hydrogens is 214 g/mol. The number of methoxy groups -OCH3 is 2. The molecule has 1 amide bonds. The summed E-state index contributed by atoms with van der Waals surface area (Å²) in [5.41, 5.74) is 0. The smallest absolute Gasteiger partial charge is 0.329 e. The molecule has 0 aromatic heterocycles. The zero-order valence-corrected chi connectivity index (χ0v) is 9.56. The van der Waals surface area contributed by atoms with Crippen molar-refractivity contribution in [3.8, 4) is 0 Å². The van der Waals surface area contributed by atoms with E-state index in [1.165, 1.54) is 19.1 Å². The van der Waals surface area contributed by atoms with Crippen LogP contribution >= 0.6 is 0 Å². The number of ether oxygens (including phenoxy) is 2. The first-order valence-corrected chi connectivity index (χ1v) is 5.01. The van der Waals surface area contributed by atoms with E-state index in [1.807, 2.05) is 0 Å². The topological polar surface area (TPSA) is 72.9 Å². The molecule has 90 valence electrons. The molecule has 0 aromatic rings. The van der Waals surface area contributed by atoms with Gasteiger partial charge in [0.05, 0.1) is 20.1 Å². The second-order valence-electron chi connectivity index (χ2n) is 3.48. The molecule has 1 aliphatic rings. The van der Waals surface area contributed by atoms with Crippen LogP contribution in [0.2, 0.25) is 0 Å². The molecule has 0 spiro atoms. The number of hydrogen-bond acceptors (Lipinski definition) is 5. The molecule has 0 radical (unpaired) electrons. The number of likely N-dealkylation sites (tertiary alicyclic amines) is 1. The largest absolute Gasteiger partial charge is 0.469 e. The van der Waals surface area contributed by atoms with E-state index in [0.717, 1.165) is 0 Å². The zero-order valence-electron chi connectivity index (χ0n) is 9.56. The molecule has 16 heavy (non-hydrogen) atoms. The first-order chi connectivity index (χ1) is 7.56. The number of esters is 2. The summed E-state index contributed by atoms with van der Waals surface area (Å²) in [6, 6.07) is -0.852. The summed E-state index contributed by atoms with van der Waals surface area (Å²) in [5, 5.41) is 0. The van der Waals surface area contributed by atoms with Gasteiger partial charge in [-0.3, -0.25) is 9.59 Å². The van der Waals surface area contributed by atoms with Gasteiger partial charge in [-0.05, 0) is 6.92 Å². The van der Waals surface area contributed by atoms with Gasteiger partial charge in [0.15, 0.2) is 0 Å². The van der Waals surface area contributed by atoms with Crippen molar-refractivity contribution >= 4 is 17.8 Å². The molecule has 1 fully saturated rings.